The maximum atomic E-state index is 13.0. The van der Waals surface area contributed by atoms with Crippen molar-refractivity contribution in [3.8, 4) is 21.9 Å². The molecule has 3 aromatic rings. The van der Waals surface area contributed by atoms with Crippen LogP contribution in [-0.2, 0) is 11.2 Å². The van der Waals surface area contributed by atoms with Crippen LogP contribution >= 0.6 is 11.3 Å². The standard InChI is InChI=1S/C21H19FN2O4S/c1-27-16-8-3-13(11-17(16)28-2)12-20(25)23-24-21(26)19-10-9-18(29-19)14-4-6-15(22)7-5-14/h3-11H,12H2,1-2H3,(H,23,25)(H,24,26). The van der Waals surface area contributed by atoms with Crippen molar-refractivity contribution in [3.05, 3.63) is 70.9 Å². The number of methoxy groups -OCH3 is 2. The molecule has 1 heterocycles. The minimum absolute atomic E-state index is 0.0614. The normalized spacial score (nSPS) is 10.3. The van der Waals surface area contributed by atoms with E-state index in [1.54, 1.807) is 42.5 Å². The van der Waals surface area contributed by atoms with Gasteiger partial charge in [-0.3, -0.25) is 20.4 Å². The highest BCUT2D eigenvalue weighted by atomic mass is 32.1. The molecule has 0 aliphatic rings. The Morgan fingerprint density at radius 1 is 0.931 bits per heavy atom. The predicted octanol–water partition coefficient (Wildman–Crippen LogP) is 3.58. The second-order valence-corrected chi connectivity index (χ2v) is 7.12. The van der Waals surface area contributed by atoms with E-state index < -0.39 is 5.91 Å². The first kappa shape index (κ1) is 20.3. The maximum absolute atomic E-state index is 13.0. The van der Waals surface area contributed by atoms with Crippen molar-refractivity contribution in [1.29, 1.82) is 0 Å². The van der Waals surface area contributed by atoms with Crippen LogP contribution in [0.5, 0.6) is 11.5 Å². The third kappa shape index (κ3) is 5.11. The fourth-order valence-electron chi connectivity index (χ4n) is 2.64. The van der Waals surface area contributed by atoms with Gasteiger partial charge in [-0.15, -0.1) is 11.3 Å². The Balaban J connectivity index is 1.56. The first-order valence-corrected chi connectivity index (χ1v) is 9.47. The first-order chi connectivity index (χ1) is 14.0. The summed E-state index contributed by atoms with van der Waals surface area (Å²) in [6.07, 6.45) is 0.0614. The van der Waals surface area contributed by atoms with Crippen molar-refractivity contribution >= 4 is 23.2 Å². The molecule has 2 N–H and O–H groups in total. The largest absolute Gasteiger partial charge is 0.493 e. The molecule has 2 amide bonds. The van der Waals surface area contributed by atoms with E-state index in [1.807, 2.05) is 0 Å². The van der Waals surface area contributed by atoms with Crippen molar-refractivity contribution in [1.82, 2.24) is 10.9 Å². The third-order valence-corrected chi connectivity index (χ3v) is 5.22. The van der Waals surface area contributed by atoms with E-state index in [0.29, 0.717) is 21.9 Å². The Bertz CT molecular complexity index is 1020. The molecule has 3 rings (SSSR count). The highest BCUT2D eigenvalue weighted by Gasteiger charge is 2.13. The summed E-state index contributed by atoms with van der Waals surface area (Å²) in [7, 11) is 3.05. The van der Waals surface area contributed by atoms with Gasteiger partial charge in [0.1, 0.15) is 5.82 Å². The lowest BCUT2D eigenvalue weighted by Gasteiger charge is -2.10. The molecule has 0 atom stereocenters. The molecule has 0 aliphatic heterocycles. The molecule has 2 aromatic carbocycles. The third-order valence-electron chi connectivity index (χ3n) is 4.09. The van der Waals surface area contributed by atoms with Crippen LogP contribution in [-0.4, -0.2) is 26.0 Å². The van der Waals surface area contributed by atoms with Crippen LogP contribution in [0, 0.1) is 5.82 Å². The average Bonchev–Trinajstić information content (AvgIpc) is 3.22. The summed E-state index contributed by atoms with van der Waals surface area (Å²) >= 11 is 1.25. The summed E-state index contributed by atoms with van der Waals surface area (Å²) in [6, 6.07) is 14.6. The monoisotopic (exact) mass is 414 g/mol. The molecule has 0 radical (unpaired) electrons. The Morgan fingerprint density at radius 2 is 1.66 bits per heavy atom. The van der Waals surface area contributed by atoms with Crippen LogP contribution in [0.2, 0.25) is 0 Å². The van der Waals surface area contributed by atoms with Gasteiger partial charge in [-0.25, -0.2) is 4.39 Å². The number of carbonyl (C=O) groups is 2. The van der Waals surface area contributed by atoms with Crippen molar-refractivity contribution < 1.29 is 23.5 Å². The van der Waals surface area contributed by atoms with E-state index >= 15 is 0 Å². The Kier molecular flexibility index (Phi) is 6.46. The number of hydrogen-bond donors (Lipinski definition) is 2. The molecule has 0 aliphatic carbocycles. The Morgan fingerprint density at radius 3 is 2.34 bits per heavy atom. The number of ether oxygens (including phenoxy) is 2. The zero-order valence-corrected chi connectivity index (χ0v) is 16.6. The Hall–Kier alpha value is -3.39. The van der Waals surface area contributed by atoms with Gasteiger partial charge >= 0.3 is 0 Å². The van der Waals surface area contributed by atoms with Crippen LogP contribution < -0.4 is 20.3 Å². The predicted molar refractivity (Wildman–Crippen MR) is 109 cm³/mol. The lowest BCUT2D eigenvalue weighted by Crippen LogP contribution is -2.42. The van der Waals surface area contributed by atoms with Crippen molar-refractivity contribution in [3.63, 3.8) is 0 Å². The summed E-state index contributed by atoms with van der Waals surface area (Å²) in [5, 5.41) is 0. The number of halogens is 1. The number of thiophene rings is 1. The van der Waals surface area contributed by atoms with Crippen molar-refractivity contribution in [2.75, 3.05) is 14.2 Å². The number of amides is 2. The summed E-state index contributed by atoms with van der Waals surface area (Å²) in [4.78, 5) is 25.7. The van der Waals surface area contributed by atoms with E-state index in [0.717, 1.165) is 10.4 Å². The van der Waals surface area contributed by atoms with Gasteiger partial charge in [0.05, 0.1) is 25.5 Å². The summed E-state index contributed by atoms with van der Waals surface area (Å²) < 4.78 is 23.4. The summed E-state index contributed by atoms with van der Waals surface area (Å²) in [5.74, 6) is -0.0290. The number of carbonyl (C=O) groups excluding carboxylic acids is 2. The number of rotatable bonds is 6. The lowest BCUT2D eigenvalue weighted by atomic mass is 10.1. The minimum atomic E-state index is -0.427. The molecule has 8 heteroatoms. The molecule has 0 saturated heterocycles. The molecule has 0 bridgehead atoms. The van der Waals surface area contributed by atoms with Gasteiger partial charge in [-0.05, 0) is 47.5 Å². The molecule has 29 heavy (non-hydrogen) atoms. The minimum Gasteiger partial charge on any atom is -0.493 e. The fourth-order valence-corrected chi connectivity index (χ4v) is 3.54. The second kappa shape index (κ2) is 9.20. The van der Waals surface area contributed by atoms with Crippen LogP contribution in [0.15, 0.2) is 54.6 Å². The molecule has 0 unspecified atom stereocenters. The molecular weight excluding hydrogens is 395 g/mol. The van der Waals surface area contributed by atoms with Gasteiger partial charge in [0.2, 0.25) is 5.91 Å². The van der Waals surface area contributed by atoms with E-state index in [1.165, 1.54) is 37.7 Å². The van der Waals surface area contributed by atoms with E-state index in [4.69, 9.17) is 9.47 Å². The first-order valence-electron chi connectivity index (χ1n) is 8.66. The van der Waals surface area contributed by atoms with Gasteiger partial charge in [0.15, 0.2) is 11.5 Å². The average molecular weight is 414 g/mol. The van der Waals surface area contributed by atoms with Gasteiger partial charge in [-0.1, -0.05) is 18.2 Å². The van der Waals surface area contributed by atoms with Crippen LogP contribution in [0.3, 0.4) is 0 Å². The van der Waals surface area contributed by atoms with Gasteiger partial charge in [0.25, 0.3) is 5.91 Å². The van der Waals surface area contributed by atoms with Gasteiger partial charge in [-0.2, -0.15) is 0 Å². The smallest absolute Gasteiger partial charge is 0.279 e. The van der Waals surface area contributed by atoms with Gasteiger partial charge < -0.3 is 9.47 Å². The van der Waals surface area contributed by atoms with Crippen LogP contribution in [0.1, 0.15) is 15.2 Å². The molecule has 0 saturated carbocycles. The van der Waals surface area contributed by atoms with Crippen molar-refractivity contribution in [2.24, 2.45) is 0 Å². The molecule has 6 nitrogen and oxygen atoms in total. The molecular formula is C21H19FN2O4S. The summed E-state index contributed by atoms with van der Waals surface area (Å²) in [5.41, 5.74) is 6.32. The van der Waals surface area contributed by atoms with E-state index in [-0.39, 0.29) is 18.1 Å². The number of hydrazine groups is 1. The molecule has 150 valence electrons. The van der Waals surface area contributed by atoms with Crippen molar-refractivity contribution in [2.45, 2.75) is 6.42 Å². The second-order valence-electron chi connectivity index (χ2n) is 6.04. The molecule has 0 fully saturated rings. The number of nitrogens with one attached hydrogen (secondary N) is 2. The van der Waals surface area contributed by atoms with E-state index in [2.05, 4.69) is 10.9 Å². The molecule has 0 spiro atoms. The van der Waals surface area contributed by atoms with Crippen LogP contribution in [0.4, 0.5) is 4.39 Å². The van der Waals surface area contributed by atoms with Gasteiger partial charge in [0, 0.05) is 4.88 Å². The highest BCUT2D eigenvalue weighted by Crippen LogP contribution is 2.29. The lowest BCUT2D eigenvalue weighted by molar-refractivity contribution is -0.121. The summed E-state index contributed by atoms with van der Waals surface area (Å²) in [6.45, 7) is 0. The van der Waals surface area contributed by atoms with Crippen LogP contribution in [0.25, 0.3) is 10.4 Å². The number of hydrogen-bond acceptors (Lipinski definition) is 5. The molecule has 1 aromatic heterocycles. The number of benzene rings is 2. The SMILES string of the molecule is COc1ccc(CC(=O)NNC(=O)c2ccc(-c3ccc(F)cc3)s2)cc1OC. The fraction of sp³-hybridized carbons (Fsp3) is 0.143. The maximum Gasteiger partial charge on any atom is 0.279 e. The Labute approximate surface area is 171 Å². The quantitative estimate of drug-likeness (QED) is 0.605. The van der Waals surface area contributed by atoms with E-state index in [9.17, 15) is 14.0 Å². The zero-order chi connectivity index (χ0) is 20.8. The highest BCUT2D eigenvalue weighted by molar-refractivity contribution is 7.17. The zero-order valence-electron chi connectivity index (χ0n) is 15.8. The topological polar surface area (TPSA) is 76.7 Å².